The number of hydrogen-bond donors (Lipinski definition) is 1. The molecule has 236 valence electrons. The number of nitrogens with zero attached hydrogens (tertiary/aromatic N) is 4. The molecule has 0 unspecified atom stereocenters. The monoisotopic (exact) mass is 617 g/mol. The number of aryl methyl sites for hydroxylation is 3. The summed E-state index contributed by atoms with van der Waals surface area (Å²) in [5, 5.41) is 4.42. The fourth-order valence-corrected chi connectivity index (χ4v) is 7.56. The average Bonchev–Trinajstić information content (AvgIpc) is 3.51. The summed E-state index contributed by atoms with van der Waals surface area (Å²) in [6, 6.07) is 13.7. The maximum atomic E-state index is 14.0. The molecule has 0 bridgehead atoms. The summed E-state index contributed by atoms with van der Waals surface area (Å²) >= 11 is 0. The minimum atomic E-state index is -0.560. The Kier molecular flexibility index (Phi) is 7.62. The summed E-state index contributed by atoms with van der Waals surface area (Å²) in [6.07, 6.45) is 13.1. The van der Waals surface area contributed by atoms with Gasteiger partial charge in [-0.2, -0.15) is 0 Å². The lowest BCUT2D eigenvalue weighted by Gasteiger charge is -2.41. The molecule has 3 heterocycles. The van der Waals surface area contributed by atoms with Crippen LogP contribution in [-0.4, -0.2) is 30.8 Å². The van der Waals surface area contributed by atoms with E-state index in [0.29, 0.717) is 11.6 Å². The second-order valence-electron chi connectivity index (χ2n) is 13.3. The van der Waals surface area contributed by atoms with Gasteiger partial charge in [0.25, 0.3) is 5.91 Å². The third-order valence-corrected chi connectivity index (χ3v) is 10.2. The van der Waals surface area contributed by atoms with E-state index in [1.807, 2.05) is 38.2 Å². The Hall–Kier alpha value is -4.59. The zero-order valence-electron chi connectivity index (χ0n) is 27.0. The molecule has 0 saturated heterocycles. The maximum Gasteiger partial charge on any atom is 0.252 e. The molecule has 2 aromatic carbocycles. The molecule has 2 saturated carbocycles. The standard InChI is InChI=1S/C38H40FN5O2/c1-23-19-32-34(21-26(23)12-11-24(2)45)43(4)37(41-32)38(17-8-18-38)42-36(46)27-13-16-33-30(20-27)25(3)35(31-15-14-28(39)22-40-31)44(33)29-9-6-5-7-10-29/h11-16,19-22,29H,5-10,17-18H2,1-4H3,(H,42,46)/b12-11+. The molecule has 2 aliphatic rings. The van der Waals surface area contributed by atoms with Crippen molar-refractivity contribution in [2.75, 3.05) is 0 Å². The highest BCUT2D eigenvalue weighted by Gasteiger charge is 2.44. The number of carbonyl (C=O) groups excluding carboxylic acids is 2. The summed E-state index contributed by atoms with van der Waals surface area (Å²) < 4.78 is 18.3. The van der Waals surface area contributed by atoms with Gasteiger partial charge in [-0.05, 0) is 118 Å². The molecule has 7 nitrogen and oxygen atoms in total. The molecular weight excluding hydrogens is 577 g/mol. The van der Waals surface area contributed by atoms with Crippen LogP contribution in [0.5, 0.6) is 0 Å². The zero-order valence-corrected chi connectivity index (χ0v) is 27.0. The Morgan fingerprint density at radius 2 is 1.78 bits per heavy atom. The topological polar surface area (TPSA) is 81.8 Å². The van der Waals surface area contributed by atoms with Crippen molar-refractivity contribution in [2.45, 2.75) is 83.7 Å². The Balaban J connectivity index is 1.25. The number of amides is 1. The van der Waals surface area contributed by atoms with Gasteiger partial charge in [0, 0.05) is 29.6 Å². The van der Waals surface area contributed by atoms with Gasteiger partial charge in [-0.1, -0.05) is 25.3 Å². The lowest BCUT2D eigenvalue weighted by atomic mass is 9.75. The van der Waals surface area contributed by atoms with Crippen molar-refractivity contribution < 1.29 is 14.0 Å². The zero-order chi connectivity index (χ0) is 32.2. The summed E-state index contributed by atoms with van der Waals surface area (Å²) in [6.45, 7) is 5.65. The highest BCUT2D eigenvalue weighted by Crippen LogP contribution is 2.43. The lowest BCUT2D eigenvalue weighted by Crippen LogP contribution is -2.52. The molecule has 0 radical (unpaired) electrons. The number of aromatic nitrogens is 4. The van der Waals surface area contributed by atoms with Gasteiger partial charge in [-0.25, -0.2) is 9.37 Å². The molecule has 2 fully saturated rings. The van der Waals surface area contributed by atoms with E-state index in [4.69, 9.17) is 4.98 Å². The van der Waals surface area contributed by atoms with Crippen molar-refractivity contribution in [1.82, 2.24) is 24.4 Å². The van der Waals surface area contributed by atoms with Crippen molar-refractivity contribution in [2.24, 2.45) is 7.05 Å². The van der Waals surface area contributed by atoms with Crippen LogP contribution in [0.15, 0.2) is 54.7 Å². The Morgan fingerprint density at radius 1 is 1.00 bits per heavy atom. The molecule has 3 aromatic heterocycles. The second-order valence-corrected chi connectivity index (χ2v) is 13.3. The quantitative estimate of drug-likeness (QED) is 0.187. The minimum absolute atomic E-state index is 0.00334. The molecule has 1 N–H and O–H groups in total. The van der Waals surface area contributed by atoms with Crippen LogP contribution in [0, 0.1) is 19.7 Å². The van der Waals surface area contributed by atoms with E-state index in [9.17, 15) is 14.0 Å². The molecule has 46 heavy (non-hydrogen) atoms. The van der Waals surface area contributed by atoms with Crippen LogP contribution < -0.4 is 5.32 Å². The normalized spacial score (nSPS) is 16.7. The van der Waals surface area contributed by atoms with Gasteiger partial charge in [0.15, 0.2) is 5.78 Å². The first-order valence-electron chi connectivity index (χ1n) is 16.4. The van der Waals surface area contributed by atoms with Crippen LogP contribution in [0.4, 0.5) is 4.39 Å². The van der Waals surface area contributed by atoms with Crippen molar-refractivity contribution in [3.05, 3.63) is 88.6 Å². The van der Waals surface area contributed by atoms with Crippen molar-refractivity contribution in [3.8, 4) is 11.4 Å². The largest absolute Gasteiger partial charge is 0.339 e. The van der Waals surface area contributed by atoms with Gasteiger partial charge in [0.2, 0.25) is 0 Å². The van der Waals surface area contributed by atoms with Gasteiger partial charge in [-0.3, -0.25) is 14.6 Å². The number of rotatable bonds is 7. The average molecular weight is 618 g/mol. The summed E-state index contributed by atoms with van der Waals surface area (Å²) in [4.78, 5) is 35.1. The summed E-state index contributed by atoms with van der Waals surface area (Å²) in [7, 11) is 2.00. The van der Waals surface area contributed by atoms with Gasteiger partial charge in [0.1, 0.15) is 11.6 Å². The van der Waals surface area contributed by atoms with E-state index in [1.54, 1.807) is 19.1 Å². The molecule has 0 aliphatic heterocycles. The van der Waals surface area contributed by atoms with E-state index >= 15 is 0 Å². The van der Waals surface area contributed by atoms with Gasteiger partial charge in [0.05, 0.1) is 34.2 Å². The van der Waals surface area contributed by atoms with Crippen molar-refractivity contribution >= 4 is 39.7 Å². The van der Waals surface area contributed by atoms with Gasteiger partial charge >= 0.3 is 0 Å². The van der Waals surface area contributed by atoms with E-state index in [2.05, 4.69) is 38.5 Å². The molecule has 1 amide bonds. The first-order chi connectivity index (χ1) is 22.1. The smallest absolute Gasteiger partial charge is 0.252 e. The first kappa shape index (κ1) is 30.1. The molecule has 8 heteroatoms. The number of benzene rings is 2. The molecule has 0 spiro atoms. The van der Waals surface area contributed by atoms with Crippen molar-refractivity contribution in [3.63, 3.8) is 0 Å². The number of hydrogen-bond acceptors (Lipinski definition) is 4. The first-order valence-corrected chi connectivity index (χ1v) is 16.4. The van der Waals surface area contributed by atoms with E-state index in [-0.39, 0.29) is 17.5 Å². The van der Waals surface area contributed by atoms with E-state index in [1.165, 1.54) is 31.5 Å². The highest BCUT2D eigenvalue weighted by molar-refractivity contribution is 6.01. The van der Waals surface area contributed by atoms with Crippen LogP contribution >= 0.6 is 0 Å². The van der Waals surface area contributed by atoms with Crippen LogP contribution in [0.1, 0.15) is 97.2 Å². The molecule has 5 aromatic rings. The minimum Gasteiger partial charge on any atom is -0.339 e. The van der Waals surface area contributed by atoms with Crippen molar-refractivity contribution in [1.29, 1.82) is 0 Å². The lowest BCUT2D eigenvalue weighted by molar-refractivity contribution is -0.112. The second kappa shape index (κ2) is 11.6. The Bertz CT molecular complexity index is 2020. The predicted molar refractivity (Wildman–Crippen MR) is 180 cm³/mol. The number of carbonyl (C=O) groups is 2. The third-order valence-electron chi connectivity index (χ3n) is 10.2. The highest BCUT2D eigenvalue weighted by atomic mass is 19.1. The Labute approximate surface area is 268 Å². The molecule has 7 rings (SSSR count). The number of allylic oxidation sites excluding steroid dienone is 1. The van der Waals surface area contributed by atoms with Crippen LogP contribution in [0.25, 0.3) is 39.4 Å². The number of ketones is 1. The van der Waals surface area contributed by atoms with Crippen LogP contribution in [0.2, 0.25) is 0 Å². The summed E-state index contributed by atoms with van der Waals surface area (Å²) in [5.41, 5.74) is 7.78. The fraction of sp³-hybridized carbons (Fsp3) is 0.368. The van der Waals surface area contributed by atoms with E-state index < -0.39 is 5.54 Å². The molecular formula is C38H40FN5O2. The summed E-state index contributed by atoms with van der Waals surface area (Å²) in [5.74, 6) is 0.371. The van der Waals surface area contributed by atoms with Gasteiger partial charge < -0.3 is 14.5 Å². The number of imidazole rings is 1. The fourth-order valence-electron chi connectivity index (χ4n) is 7.56. The third kappa shape index (κ3) is 5.13. The molecule has 0 atom stereocenters. The number of fused-ring (bicyclic) bond motifs is 2. The number of pyridine rings is 1. The Morgan fingerprint density at radius 3 is 2.46 bits per heavy atom. The van der Waals surface area contributed by atoms with Crippen LogP contribution in [-0.2, 0) is 17.4 Å². The SMILES string of the molecule is CC(=O)/C=C/c1cc2c(cc1C)nc(C1(NC(=O)c3ccc4c(c3)c(C)c(-c3ccc(F)cn3)n4C3CCCCC3)CCC1)n2C. The number of nitrogens with one attached hydrogen (secondary N) is 1. The predicted octanol–water partition coefficient (Wildman–Crippen LogP) is 8.26. The maximum absolute atomic E-state index is 14.0. The van der Waals surface area contributed by atoms with Gasteiger partial charge in [-0.15, -0.1) is 0 Å². The molecule has 2 aliphatic carbocycles. The number of halogens is 1. The van der Waals surface area contributed by atoms with E-state index in [0.717, 1.165) is 87.9 Å². The van der Waals surface area contributed by atoms with Crippen LogP contribution in [0.3, 0.4) is 0 Å².